The number of carboxylic acids is 1. The molecule has 0 heterocycles. The SMILES string of the molecule is CCCC(CNC(=O)c1ccc(N)c(F)c1)C(=O)O. The van der Waals surface area contributed by atoms with E-state index in [1.165, 1.54) is 12.1 Å². The summed E-state index contributed by atoms with van der Waals surface area (Å²) in [7, 11) is 0. The molecule has 0 aliphatic heterocycles. The lowest BCUT2D eigenvalue weighted by atomic mass is 10.0. The predicted molar refractivity (Wildman–Crippen MR) is 69.2 cm³/mol. The van der Waals surface area contributed by atoms with Crippen LogP contribution in [0.1, 0.15) is 30.1 Å². The predicted octanol–water partition coefficient (Wildman–Crippen LogP) is 1.64. The molecule has 1 amide bonds. The average Bonchev–Trinajstić information content (AvgIpc) is 2.37. The van der Waals surface area contributed by atoms with Crippen molar-refractivity contribution in [1.82, 2.24) is 5.32 Å². The molecular formula is C13H17FN2O3. The Labute approximate surface area is 110 Å². The first-order valence-electron chi connectivity index (χ1n) is 6.01. The Morgan fingerprint density at radius 1 is 1.47 bits per heavy atom. The minimum absolute atomic E-state index is 0.0218. The lowest BCUT2D eigenvalue weighted by molar-refractivity contribution is -0.141. The van der Waals surface area contributed by atoms with Gasteiger partial charge in [0.2, 0.25) is 0 Å². The number of anilines is 1. The van der Waals surface area contributed by atoms with Crippen molar-refractivity contribution in [3.05, 3.63) is 29.6 Å². The van der Waals surface area contributed by atoms with Crippen molar-refractivity contribution < 1.29 is 19.1 Å². The molecule has 0 saturated carbocycles. The molecule has 1 rings (SSSR count). The summed E-state index contributed by atoms with van der Waals surface area (Å²) in [6.45, 7) is 1.89. The number of hydrogen-bond acceptors (Lipinski definition) is 3. The largest absolute Gasteiger partial charge is 0.481 e. The van der Waals surface area contributed by atoms with Gasteiger partial charge in [0, 0.05) is 12.1 Å². The molecule has 0 aliphatic carbocycles. The molecule has 1 atom stereocenters. The highest BCUT2D eigenvalue weighted by molar-refractivity contribution is 5.94. The van der Waals surface area contributed by atoms with E-state index in [4.69, 9.17) is 10.8 Å². The molecule has 0 saturated heterocycles. The Morgan fingerprint density at radius 2 is 2.16 bits per heavy atom. The number of rotatable bonds is 6. The molecule has 0 spiro atoms. The Kier molecular flexibility index (Phi) is 5.29. The third-order valence-corrected chi connectivity index (χ3v) is 2.76. The highest BCUT2D eigenvalue weighted by Crippen LogP contribution is 2.12. The molecule has 0 aromatic heterocycles. The smallest absolute Gasteiger partial charge is 0.308 e. The van der Waals surface area contributed by atoms with Crippen LogP contribution in [0.3, 0.4) is 0 Å². The summed E-state index contributed by atoms with van der Waals surface area (Å²) >= 11 is 0. The quantitative estimate of drug-likeness (QED) is 0.684. The first-order valence-corrected chi connectivity index (χ1v) is 6.01. The van der Waals surface area contributed by atoms with Crippen molar-refractivity contribution >= 4 is 17.6 Å². The minimum Gasteiger partial charge on any atom is -0.481 e. The van der Waals surface area contributed by atoms with Gasteiger partial charge in [-0.3, -0.25) is 9.59 Å². The fourth-order valence-electron chi connectivity index (χ4n) is 1.65. The van der Waals surface area contributed by atoms with E-state index in [0.717, 1.165) is 6.07 Å². The summed E-state index contributed by atoms with van der Waals surface area (Å²) in [6.07, 6.45) is 1.19. The monoisotopic (exact) mass is 268 g/mol. The fourth-order valence-corrected chi connectivity index (χ4v) is 1.65. The first kappa shape index (κ1) is 14.9. The lowest BCUT2D eigenvalue weighted by Crippen LogP contribution is -2.33. The molecule has 1 aromatic carbocycles. The zero-order valence-corrected chi connectivity index (χ0v) is 10.6. The number of hydrogen-bond donors (Lipinski definition) is 3. The van der Waals surface area contributed by atoms with Crippen LogP contribution in [0.5, 0.6) is 0 Å². The molecule has 19 heavy (non-hydrogen) atoms. The van der Waals surface area contributed by atoms with Gasteiger partial charge in [0.1, 0.15) is 5.82 Å². The molecule has 0 fully saturated rings. The van der Waals surface area contributed by atoms with Gasteiger partial charge in [0.05, 0.1) is 11.6 Å². The summed E-state index contributed by atoms with van der Waals surface area (Å²) in [4.78, 5) is 22.6. The topological polar surface area (TPSA) is 92.4 Å². The van der Waals surface area contributed by atoms with Crippen molar-refractivity contribution in [2.45, 2.75) is 19.8 Å². The van der Waals surface area contributed by atoms with Crippen LogP contribution in [0, 0.1) is 11.7 Å². The van der Waals surface area contributed by atoms with Crippen LogP contribution in [0.15, 0.2) is 18.2 Å². The van der Waals surface area contributed by atoms with Gasteiger partial charge in [-0.2, -0.15) is 0 Å². The minimum atomic E-state index is -0.953. The molecule has 1 aromatic rings. The lowest BCUT2D eigenvalue weighted by Gasteiger charge is -2.12. The van der Waals surface area contributed by atoms with Gasteiger partial charge in [-0.05, 0) is 24.6 Å². The van der Waals surface area contributed by atoms with E-state index in [9.17, 15) is 14.0 Å². The highest BCUT2D eigenvalue weighted by Gasteiger charge is 2.18. The summed E-state index contributed by atoms with van der Waals surface area (Å²) in [5.41, 5.74) is 5.39. The van der Waals surface area contributed by atoms with Crippen LogP contribution in [-0.2, 0) is 4.79 Å². The van der Waals surface area contributed by atoms with Crippen molar-refractivity contribution in [3.8, 4) is 0 Å². The number of nitrogen functional groups attached to an aromatic ring is 1. The van der Waals surface area contributed by atoms with Gasteiger partial charge in [0.25, 0.3) is 5.91 Å². The van der Waals surface area contributed by atoms with Gasteiger partial charge >= 0.3 is 5.97 Å². The Morgan fingerprint density at radius 3 is 2.68 bits per heavy atom. The number of benzene rings is 1. The molecule has 1 unspecified atom stereocenters. The average molecular weight is 268 g/mol. The second-order valence-corrected chi connectivity index (χ2v) is 4.27. The van der Waals surface area contributed by atoms with Gasteiger partial charge in [-0.1, -0.05) is 13.3 Å². The summed E-state index contributed by atoms with van der Waals surface area (Å²) in [5, 5.41) is 11.4. The molecule has 5 nitrogen and oxygen atoms in total. The highest BCUT2D eigenvalue weighted by atomic mass is 19.1. The van der Waals surface area contributed by atoms with E-state index in [1.807, 2.05) is 6.92 Å². The van der Waals surface area contributed by atoms with Gasteiger partial charge in [-0.15, -0.1) is 0 Å². The van der Waals surface area contributed by atoms with E-state index < -0.39 is 23.6 Å². The van der Waals surface area contributed by atoms with Crippen molar-refractivity contribution in [1.29, 1.82) is 0 Å². The van der Waals surface area contributed by atoms with Crippen molar-refractivity contribution in [3.63, 3.8) is 0 Å². The summed E-state index contributed by atoms with van der Waals surface area (Å²) in [6, 6.07) is 3.72. The van der Waals surface area contributed by atoms with Crippen LogP contribution in [0.25, 0.3) is 0 Å². The Bertz CT molecular complexity index is 477. The maximum atomic E-state index is 13.2. The van der Waals surface area contributed by atoms with E-state index in [1.54, 1.807) is 0 Å². The van der Waals surface area contributed by atoms with Gasteiger partial charge < -0.3 is 16.2 Å². The van der Waals surface area contributed by atoms with E-state index in [-0.39, 0.29) is 17.8 Å². The number of carboxylic acid groups (broad SMARTS) is 1. The van der Waals surface area contributed by atoms with E-state index in [0.29, 0.717) is 12.8 Å². The molecule has 0 bridgehead atoms. The Hall–Kier alpha value is -2.11. The number of carbonyl (C=O) groups excluding carboxylic acids is 1. The van der Waals surface area contributed by atoms with Crippen LogP contribution in [-0.4, -0.2) is 23.5 Å². The molecule has 104 valence electrons. The van der Waals surface area contributed by atoms with E-state index in [2.05, 4.69) is 5.32 Å². The zero-order valence-electron chi connectivity index (χ0n) is 10.6. The molecule has 0 radical (unpaired) electrons. The van der Waals surface area contributed by atoms with E-state index >= 15 is 0 Å². The normalized spacial score (nSPS) is 11.9. The molecular weight excluding hydrogens is 251 g/mol. The third-order valence-electron chi connectivity index (χ3n) is 2.76. The van der Waals surface area contributed by atoms with Crippen LogP contribution in [0.4, 0.5) is 10.1 Å². The number of aliphatic carboxylic acids is 1. The number of carbonyl (C=O) groups is 2. The first-order chi connectivity index (χ1) is 8.95. The number of halogens is 1. The number of amides is 1. The zero-order chi connectivity index (χ0) is 14.4. The van der Waals surface area contributed by atoms with Crippen LogP contribution in [0.2, 0.25) is 0 Å². The maximum absolute atomic E-state index is 13.2. The molecule has 6 heteroatoms. The van der Waals surface area contributed by atoms with Gasteiger partial charge in [-0.25, -0.2) is 4.39 Å². The summed E-state index contributed by atoms with van der Waals surface area (Å²) < 4.78 is 13.2. The van der Waals surface area contributed by atoms with Gasteiger partial charge in [0.15, 0.2) is 0 Å². The summed E-state index contributed by atoms with van der Waals surface area (Å²) in [5.74, 6) is -2.77. The Balaban J connectivity index is 2.63. The second kappa shape index (κ2) is 6.72. The fraction of sp³-hybridized carbons (Fsp3) is 0.385. The van der Waals surface area contributed by atoms with Crippen LogP contribution < -0.4 is 11.1 Å². The molecule has 0 aliphatic rings. The standard InChI is InChI=1S/C13H17FN2O3/c1-2-3-9(13(18)19)7-16-12(17)8-4-5-11(15)10(14)6-8/h4-6,9H,2-3,7,15H2,1H3,(H,16,17)(H,18,19). The van der Waals surface area contributed by atoms with Crippen molar-refractivity contribution in [2.75, 3.05) is 12.3 Å². The third kappa shape index (κ3) is 4.24. The number of nitrogens with one attached hydrogen (secondary N) is 1. The molecule has 4 N–H and O–H groups in total. The maximum Gasteiger partial charge on any atom is 0.308 e. The number of nitrogens with two attached hydrogens (primary N) is 1. The second-order valence-electron chi connectivity index (χ2n) is 4.27. The van der Waals surface area contributed by atoms with Crippen LogP contribution >= 0.6 is 0 Å². The van der Waals surface area contributed by atoms with Crippen molar-refractivity contribution in [2.24, 2.45) is 5.92 Å².